The van der Waals surface area contributed by atoms with Crippen LogP contribution in [0.5, 0.6) is 0 Å². The van der Waals surface area contributed by atoms with Crippen LogP contribution < -0.4 is 10.2 Å². The predicted octanol–water partition coefficient (Wildman–Crippen LogP) is 2.31. The standard InChI is InChI=1S/C17H17N5O3/c18-10-13-1-3-15(16(9-13)22(23)24)19-11-14-2-4-17(20-12-14)21-5-7-25-8-6-21/h1-4,9,12,19H,5-8,11H2. The Hall–Kier alpha value is -3.18. The number of ether oxygens (including phenoxy) is 1. The summed E-state index contributed by atoms with van der Waals surface area (Å²) in [5.74, 6) is 0.899. The number of benzene rings is 1. The summed E-state index contributed by atoms with van der Waals surface area (Å²) in [5.41, 5.74) is 1.43. The first-order valence-corrected chi connectivity index (χ1v) is 7.87. The van der Waals surface area contributed by atoms with Gasteiger partial charge in [0.2, 0.25) is 0 Å². The van der Waals surface area contributed by atoms with Gasteiger partial charge < -0.3 is 15.0 Å². The topological polar surface area (TPSA) is 104 Å². The lowest BCUT2D eigenvalue weighted by Crippen LogP contribution is -2.36. The first-order valence-electron chi connectivity index (χ1n) is 7.87. The second-order valence-electron chi connectivity index (χ2n) is 5.58. The van der Waals surface area contributed by atoms with Gasteiger partial charge in [-0.25, -0.2) is 4.98 Å². The molecule has 1 aromatic carbocycles. The van der Waals surface area contributed by atoms with Gasteiger partial charge in [-0.1, -0.05) is 6.07 Å². The van der Waals surface area contributed by atoms with Crippen LogP contribution in [0.15, 0.2) is 36.5 Å². The SMILES string of the molecule is N#Cc1ccc(NCc2ccc(N3CCOCC3)nc2)c([N+](=O)[O-])c1. The van der Waals surface area contributed by atoms with Crippen LogP contribution >= 0.6 is 0 Å². The normalized spacial score (nSPS) is 14.0. The molecule has 0 bridgehead atoms. The molecule has 2 aromatic rings. The quantitative estimate of drug-likeness (QED) is 0.658. The van der Waals surface area contributed by atoms with Gasteiger partial charge in [-0.3, -0.25) is 10.1 Å². The Balaban J connectivity index is 1.67. The van der Waals surface area contributed by atoms with Gasteiger partial charge in [0.1, 0.15) is 11.5 Å². The fraction of sp³-hybridized carbons (Fsp3) is 0.294. The fourth-order valence-corrected chi connectivity index (χ4v) is 2.60. The summed E-state index contributed by atoms with van der Waals surface area (Å²) in [4.78, 5) is 17.3. The zero-order valence-corrected chi connectivity index (χ0v) is 13.5. The van der Waals surface area contributed by atoms with Crippen molar-refractivity contribution in [3.8, 4) is 6.07 Å². The van der Waals surface area contributed by atoms with E-state index in [0.717, 1.165) is 24.5 Å². The van der Waals surface area contributed by atoms with Crippen LogP contribution in [0.2, 0.25) is 0 Å². The molecule has 0 spiro atoms. The van der Waals surface area contributed by atoms with Crippen LogP contribution in [-0.2, 0) is 11.3 Å². The minimum atomic E-state index is -0.497. The summed E-state index contributed by atoms with van der Waals surface area (Å²) in [6.45, 7) is 3.45. The molecular weight excluding hydrogens is 322 g/mol. The minimum absolute atomic E-state index is 0.114. The zero-order valence-electron chi connectivity index (χ0n) is 13.5. The number of anilines is 2. The molecule has 8 nitrogen and oxygen atoms in total. The molecule has 0 atom stereocenters. The summed E-state index contributed by atoms with van der Waals surface area (Å²) in [5, 5.41) is 23.0. The van der Waals surface area contributed by atoms with Gasteiger partial charge >= 0.3 is 0 Å². The number of hydrogen-bond acceptors (Lipinski definition) is 7. The molecule has 3 rings (SSSR count). The molecule has 0 saturated carbocycles. The number of nitro benzene ring substituents is 1. The first kappa shape index (κ1) is 16.7. The molecule has 1 aliphatic heterocycles. The van der Waals surface area contributed by atoms with E-state index in [9.17, 15) is 10.1 Å². The van der Waals surface area contributed by atoms with Gasteiger partial charge in [0, 0.05) is 31.9 Å². The third-order valence-corrected chi connectivity index (χ3v) is 3.95. The van der Waals surface area contributed by atoms with Crippen LogP contribution in [0.3, 0.4) is 0 Å². The van der Waals surface area contributed by atoms with Crippen molar-refractivity contribution in [1.29, 1.82) is 5.26 Å². The lowest BCUT2D eigenvalue weighted by molar-refractivity contribution is -0.384. The lowest BCUT2D eigenvalue weighted by Gasteiger charge is -2.27. The van der Waals surface area contributed by atoms with E-state index in [0.29, 0.717) is 25.4 Å². The monoisotopic (exact) mass is 339 g/mol. The highest BCUT2D eigenvalue weighted by Gasteiger charge is 2.15. The van der Waals surface area contributed by atoms with Crippen LogP contribution in [0, 0.1) is 21.4 Å². The van der Waals surface area contributed by atoms with Gasteiger partial charge in [0.05, 0.1) is 29.8 Å². The Morgan fingerprint density at radius 2 is 2.12 bits per heavy atom. The van der Waals surface area contributed by atoms with Crippen LogP contribution in [0.1, 0.15) is 11.1 Å². The largest absolute Gasteiger partial charge is 0.378 e. The minimum Gasteiger partial charge on any atom is -0.378 e. The van der Waals surface area contributed by atoms with Crippen molar-refractivity contribution < 1.29 is 9.66 Å². The summed E-state index contributed by atoms with van der Waals surface area (Å²) in [7, 11) is 0. The average molecular weight is 339 g/mol. The van der Waals surface area contributed by atoms with E-state index in [2.05, 4.69) is 15.2 Å². The Bertz CT molecular complexity index is 795. The maximum atomic E-state index is 11.1. The summed E-state index contributed by atoms with van der Waals surface area (Å²) in [6, 6.07) is 10.2. The Kier molecular flexibility index (Phi) is 5.06. The van der Waals surface area contributed by atoms with E-state index < -0.39 is 4.92 Å². The Labute approximate surface area is 144 Å². The number of morpholine rings is 1. The number of pyridine rings is 1. The summed E-state index contributed by atoms with van der Waals surface area (Å²) < 4.78 is 5.32. The second kappa shape index (κ2) is 7.59. The third-order valence-electron chi connectivity index (χ3n) is 3.95. The molecule has 0 radical (unpaired) electrons. The third kappa shape index (κ3) is 4.02. The molecule has 128 valence electrons. The van der Waals surface area contributed by atoms with Gasteiger partial charge in [0.25, 0.3) is 5.69 Å². The van der Waals surface area contributed by atoms with Crippen molar-refractivity contribution >= 4 is 17.2 Å². The molecular formula is C17H17N5O3. The van der Waals surface area contributed by atoms with Crippen molar-refractivity contribution in [1.82, 2.24) is 4.98 Å². The fourth-order valence-electron chi connectivity index (χ4n) is 2.60. The number of nitrogens with zero attached hydrogens (tertiary/aromatic N) is 4. The molecule has 1 fully saturated rings. The number of rotatable bonds is 5. The maximum absolute atomic E-state index is 11.1. The molecule has 1 aromatic heterocycles. The van der Waals surface area contributed by atoms with Crippen LogP contribution in [0.25, 0.3) is 0 Å². The van der Waals surface area contributed by atoms with Gasteiger partial charge in [-0.05, 0) is 23.8 Å². The van der Waals surface area contributed by atoms with Crippen LogP contribution in [-0.4, -0.2) is 36.2 Å². The smallest absolute Gasteiger partial charge is 0.293 e. The molecule has 0 amide bonds. The Morgan fingerprint density at radius 3 is 2.76 bits per heavy atom. The van der Waals surface area contributed by atoms with Gasteiger partial charge in [-0.15, -0.1) is 0 Å². The van der Waals surface area contributed by atoms with Crippen molar-refractivity contribution in [2.45, 2.75) is 6.54 Å². The first-order chi connectivity index (χ1) is 12.2. The number of nitro groups is 1. The molecule has 1 aliphatic rings. The molecule has 8 heteroatoms. The van der Waals surface area contributed by atoms with Gasteiger partial charge in [0.15, 0.2) is 0 Å². The van der Waals surface area contributed by atoms with E-state index >= 15 is 0 Å². The molecule has 0 aliphatic carbocycles. The number of nitrogens with one attached hydrogen (secondary N) is 1. The lowest BCUT2D eigenvalue weighted by atomic mass is 10.2. The van der Waals surface area contributed by atoms with E-state index in [1.807, 2.05) is 18.2 Å². The molecule has 2 heterocycles. The van der Waals surface area contributed by atoms with Gasteiger partial charge in [-0.2, -0.15) is 5.26 Å². The predicted molar refractivity (Wildman–Crippen MR) is 92.4 cm³/mol. The Morgan fingerprint density at radius 1 is 1.32 bits per heavy atom. The van der Waals surface area contributed by atoms with E-state index in [1.165, 1.54) is 6.07 Å². The van der Waals surface area contributed by atoms with Crippen molar-refractivity contribution in [2.75, 3.05) is 36.5 Å². The molecule has 1 N–H and O–H groups in total. The number of aromatic nitrogens is 1. The molecule has 1 saturated heterocycles. The summed E-state index contributed by atoms with van der Waals surface area (Å²) in [6.07, 6.45) is 1.76. The maximum Gasteiger partial charge on any atom is 0.293 e. The number of nitriles is 1. The van der Waals surface area contributed by atoms with Crippen molar-refractivity contribution in [3.05, 3.63) is 57.8 Å². The van der Waals surface area contributed by atoms with Crippen molar-refractivity contribution in [2.24, 2.45) is 0 Å². The zero-order chi connectivity index (χ0) is 17.6. The van der Waals surface area contributed by atoms with E-state index in [1.54, 1.807) is 18.3 Å². The van der Waals surface area contributed by atoms with Crippen molar-refractivity contribution in [3.63, 3.8) is 0 Å². The molecule has 0 unspecified atom stereocenters. The highest BCUT2D eigenvalue weighted by atomic mass is 16.6. The molecule has 25 heavy (non-hydrogen) atoms. The number of hydrogen-bond donors (Lipinski definition) is 1. The average Bonchev–Trinajstić information content (AvgIpc) is 2.67. The second-order valence-corrected chi connectivity index (χ2v) is 5.58. The van der Waals surface area contributed by atoms with E-state index in [-0.39, 0.29) is 11.3 Å². The highest BCUT2D eigenvalue weighted by molar-refractivity contribution is 5.64. The van der Waals surface area contributed by atoms with Crippen LogP contribution in [0.4, 0.5) is 17.2 Å². The highest BCUT2D eigenvalue weighted by Crippen LogP contribution is 2.26. The summed E-state index contributed by atoms with van der Waals surface area (Å²) >= 11 is 0. The van der Waals surface area contributed by atoms with E-state index in [4.69, 9.17) is 10.00 Å².